The standard InChI is InChI=1S/C15H19N3S/c1-2-10-3-5-11(6-4-10)13(12-7-8-12)9-14-16-15(19)18-17-14/h3-6,12-13H,2,7-9H2,1H3,(H2,16,17,18,19). The van der Waals surface area contributed by atoms with Crippen LogP contribution in [0.25, 0.3) is 0 Å². The third-order valence-electron chi connectivity index (χ3n) is 3.97. The molecule has 2 N–H and O–H groups in total. The molecule has 19 heavy (non-hydrogen) atoms. The van der Waals surface area contributed by atoms with Gasteiger partial charge >= 0.3 is 0 Å². The maximum atomic E-state index is 5.02. The number of hydrogen-bond donors (Lipinski definition) is 2. The van der Waals surface area contributed by atoms with Gasteiger partial charge in [-0.15, -0.1) is 0 Å². The van der Waals surface area contributed by atoms with Crippen molar-refractivity contribution in [1.29, 1.82) is 0 Å². The first-order valence-electron chi connectivity index (χ1n) is 6.98. The summed E-state index contributed by atoms with van der Waals surface area (Å²) >= 11 is 5.02. The second kappa shape index (κ2) is 5.29. The molecule has 0 aliphatic heterocycles. The molecule has 1 aromatic carbocycles. The second-order valence-corrected chi connectivity index (χ2v) is 5.74. The van der Waals surface area contributed by atoms with Gasteiger partial charge in [-0.1, -0.05) is 31.2 Å². The van der Waals surface area contributed by atoms with E-state index in [9.17, 15) is 0 Å². The van der Waals surface area contributed by atoms with E-state index in [1.54, 1.807) is 0 Å². The summed E-state index contributed by atoms with van der Waals surface area (Å²) in [4.78, 5) is 4.32. The van der Waals surface area contributed by atoms with Gasteiger partial charge in [0.1, 0.15) is 5.82 Å². The summed E-state index contributed by atoms with van der Waals surface area (Å²) < 4.78 is 0.547. The number of aryl methyl sites for hydroxylation is 1. The van der Waals surface area contributed by atoms with Gasteiger partial charge in [0.2, 0.25) is 4.77 Å². The maximum absolute atomic E-state index is 5.02. The molecule has 2 aromatic rings. The van der Waals surface area contributed by atoms with Crippen LogP contribution in [0, 0.1) is 10.7 Å². The Labute approximate surface area is 118 Å². The van der Waals surface area contributed by atoms with Gasteiger partial charge < -0.3 is 0 Å². The number of aromatic amines is 2. The van der Waals surface area contributed by atoms with Crippen LogP contribution >= 0.6 is 12.2 Å². The Morgan fingerprint density at radius 2 is 2.00 bits per heavy atom. The quantitative estimate of drug-likeness (QED) is 0.815. The summed E-state index contributed by atoms with van der Waals surface area (Å²) in [5.74, 6) is 2.35. The lowest BCUT2D eigenvalue weighted by Gasteiger charge is -2.15. The fraction of sp³-hybridized carbons (Fsp3) is 0.467. The molecule has 1 atom stereocenters. The third kappa shape index (κ3) is 2.95. The highest BCUT2D eigenvalue weighted by molar-refractivity contribution is 7.71. The zero-order valence-electron chi connectivity index (χ0n) is 11.1. The van der Waals surface area contributed by atoms with E-state index in [0.29, 0.717) is 10.7 Å². The Kier molecular flexibility index (Phi) is 3.51. The first kappa shape index (κ1) is 12.6. The third-order valence-corrected chi connectivity index (χ3v) is 4.16. The summed E-state index contributed by atoms with van der Waals surface area (Å²) in [6, 6.07) is 9.06. The van der Waals surface area contributed by atoms with E-state index in [4.69, 9.17) is 12.2 Å². The van der Waals surface area contributed by atoms with Gasteiger partial charge in [-0.2, -0.15) is 0 Å². The van der Waals surface area contributed by atoms with Gasteiger partial charge in [-0.25, -0.2) is 4.98 Å². The van der Waals surface area contributed by atoms with E-state index in [-0.39, 0.29) is 0 Å². The lowest BCUT2D eigenvalue weighted by molar-refractivity contribution is 0.585. The lowest BCUT2D eigenvalue weighted by atomic mass is 9.90. The van der Waals surface area contributed by atoms with Crippen LogP contribution in [0.1, 0.15) is 42.6 Å². The molecule has 1 fully saturated rings. The molecule has 1 aliphatic carbocycles. The van der Waals surface area contributed by atoms with Crippen molar-refractivity contribution in [2.45, 2.75) is 38.5 Å². The SMILES string of the molecule is CCc1ccc(C(Cc2nc(=S)[nH][nH]2)C2CC2)cc1. The summed E-state index contributed by atoms with van der Waals surface area (Å²) in [5.41, 5.74) is 2.83. The molecule has 100 valence electrons. The number of H-pyrrole nitrogens is 2. The van der Waals surface area contributed by atoms with Crippen LogP contribution < -0.4 is 0 Å². The van der Waals surface area contributed by atoms with Crippen molar-refractivity contribution in [3.05, 3.63) is 46.0 Å². The van der Waals surface area contributed by atoms with Crippen LogP contribution in [-0.4, -0.2) is 15.2 Å². The summed E-state index contributed by atoms with van der Waals surface area (Å²) in [6.45, 7) is 2.19. The predicted octanol–water partition coefficient (Wildman–Crippen LogP) is 3.77. The lowest BCUT2D eigenvalue weighted by Crippen LogP contribution is -2.07. The van der Waals surface area contributed by atoms with E-state index in [1.165, 1.54) is 24.0 Å². The van der Waals surface area contributed by atoms with E-state index < -0.39 is 0 Å². The molecular formula is C15H19N3S. The average molecular weight is 273 g/mol. The molecule has 3 nitrogen and oxygen atoms in total. The van der Waals surface area contributed by atoms with Crippen molar-refractivity contribution in [2.75, 3.05) is 0 Å². The fourth-order valence-electron chi connectivity index (χ4n) is 2.66. The van der Waals surface area contributed by atoms with Gasteiger partial charge in [-0.05, 0) is 54.4 Å². The van der Waals surface area contributed by atoms with E-state index in [2.05, 4.69) is 46.4 Å². The molecular weight excluding hydrogens is 254 g/mol. The van der Waals surface area contributed by atoms with Crippen molar-refractivity contribution >= 4 is 12.2 Å². The van der Waals surface area contributed by atoms with Gasteiger partial charge in [0.25, 0.3) is 0 Å². The van der Waals surface area contributed by atoms with Crippen LogP contribution in [0.4, 0.5) is 0 Å². The van der Waals surface area contributed by atoms with Crippen molar-refractivity contribution in [1.82, 2.24) is 15.2 Å². The molecule has 4 heteroatoms. The van der Waals surface area contributed by atoms with E-state index >= 15 is 0 Å². The molecule has 0 spiro atoms. The normalized spacial score (nSPS) is 16.5. The molecule has 1 unspecified atom stereocenters. The largest absolute Gasteiger partial charge is 0.286 e. The topological polar surface area (TPSA) is 44.5 Å². The molecule has 1 heterocycles. The van der Waals surface area contributed by atoms with Crippen molar-refractivity contribution < 1.29 is 0 Å². The minimum Gasteiger partial charge on any atom is -0.286 e. The minimum absolute atomic E-state index is 0.547. The number of rotatable bonds is 5. The first-order valence-corrected chi connectivity index (χ1v) is 7.39. The van der Waals surface area contributed by atoms with Crippen molar-refractivity contribution in [3.8, 4) is 0 Å². The highest BCUT2D eigenvalue weighted by Gasteiger charge is 2.32. The van der Waals surface area contributed by atoms with Crippen molar-refractivity contribution in [2.24, 2.45) is 5.92 Å². The number of aromatic nitrogens is 3. The summed E-state index contributed by atoms with van der Waals surface area (Å²) in [6.07, 6.45) is 4.72. The number of benzene rings is 1. The Hall–Kier alpha value is -1.42. The van der Waals surface area contributed by atoms with Crippen LogP contribution in [0.5, 0.6) is 0 Å². The highest BCUT2D eigenvalue weighted by atomic mass is 32.1. The Morgan fingerprint density at radius 3 is 2.53 bits per heavy atom. The van der Waals surface area contributed by atoms with Gasteiger partial charge in [0.15, 0.2) is 0 Å². The molecule has 1 saturated carbocycles. The molecule has 0 radical (unpaired) electrons. The number of nitrogens with zero attached hydrogens (tertiary/aromatic N) is 1. The smallest absolute Gasteiger partial charge is 0.213 e. The number of nitrogens with one attached hydrogen (secondary N) is 2. The van der Waals surface area contributed by atoms with E-state index in [1.807, 2.05) is 0 Å². The molecule has 0 amide bonds. The van der Waals surface area contributed by atoms with Crippen LogP contribution in [-0.2, 0) is 12.8 Å². The predicted molar refractivity (Wildman–Crippen MR) is 78.8 cm³/mol. The average Bonchev–Trinajstić information content (AvgIpc) is 3.20. The zero-order valence-corrected chi connectivity index (χ0v) is 12.0. The zero-order chi connectivity index (χ0) is 13.2. The number of hydrogen-bond acceptors (Lipinski definition) is 2. The molecule has 0 saturated heterocycles. The fourth-order valence-corrected chi connectivity index (χ4v) is 2.83. The van der Waals surface area contributed by atoms with E-state index in [0.717, 1.165) is 24.6 Å². The van der Waals surface area contributed by atoms with Gasteiger partial charge in [-0.3, -0.25) is 10.2 Å². The molecule has 3 rings (SSSR count). The molecule has 1 aromatic heterocycles. The minimum atomic E-state index is 0.547. The molecule has 0 bridgehead atoms. The van der Waals surface area contributed by atoms with Crippen LogP contribution in [0.3, 0.4) is 0 Å². The van der Waals surface area contributed by atoms with Crippen LogP contribution in [0.15, 0.2) is 24.3 Å². The Morgan fingerprint density at radius 1 is 1.26 bits per heavy atom. The van der Waals surface area contributed by atoms with Crippen molar-refractivity contribution in [3.63, 3.8) is 0 Å². The first-order chi connectivity index (χ1) is 9.26. The Bertz CT molecular complexity index is 592. The summed E-state index contributed by atoms with van der Waals surface area (Å²) in [7, 11) is 0. The maximum Gasteiger partial charge on any atom is 0.213 e. The monoisotopic (exact) mass is 273 g/mol. The summed E-state index contributed by atoms with van der Waals surface area (Å²) in [5, 5.41) is 5.95. The second-order valence-electron chi connectivity index (χ2n) is 5.36. The van der Waals surface area contributed by atoms with Gasteiger partial charge in [0, 0.05) is 6.42 Å². The van der Waals surface area contributed by atoms with Gasteiger partial charge in [0.05, 0.1) is 0 Å². The highest BCUT2D eigenvalue weighted by Crippen LogP contribution is 2.44. The Balaban J connectivity index is 1.81. The van der Waals surface area contributed by atoms with Crippen LogP contribution in [0.2, 0.25) is 0 Å². The molecule has 1 aliphatic rings.